The largest absolute Gasteiger partial charge is 0.298 e. The third-order valence-corrected chi connectivity index (χ3v) is 3.46. The van der Waals surface area contributed by atoms with E-state index in [4.69, 9.17) is 0 Å². The van der Waals surface area contributed by atoms with Gasteiger partial charge in [-0.15, -0.1) is 0 Å². The Balaban J connectivity index is 2.54. The molecule has 0 aromatic rings. The molecule has 0 radical (unpaired) electrons. The molecule has 1 nitrogen and oxygen atoms in total. The maximum Gasteiger partial charge on any atom is 0.114 e. The standard InChI is InChI=1S/C14H28FN/c1-12(2,3)11-14(15)7-9-16(10-8-14)13(4,5)6/h7-11H2,1-6H3. The zero-order valence-corrected chi connectivity index (χ0v) is 11.9. The summed E-state index contributed by atoms with van der Waals surface area (Å²) in [6.07, 6.45) is 2.08. The molecule has 16 heavy (non-hydrogen) atoms. The van der Waals surface area contributed by atoms with Crippen LogP contribution in [0.25, 0.3) is 0 Å². The number of piperidine rings is 1. The van der Waals surface area contributed by atoms with Gasteiger partial charge >= 0.3 is 0 Å². The Morgan fingerprint density at radius 2 is 1.44 bits per heavy atom. The summed E-state index contributed by atoms with van der Waals surface area (Å²) in [5, 5.41) is 0. The molecule has 0 aromatic carbocycles. The number of hydrogen-bond acceptors (Lipinski definition) is 1. The molecule has 0 saturated carbocycles. The van der Waals surface area contributed by atoms with E-state index in [0.717, 1.165) is 13.1 Å². The zero-order chi connectivity index (χ0) is 12.6. The van der Waals surface area contributed by atoms with E-state index < -0.39 is 5.67 Å². The van der Waals surface area contributed by atoms with E-state index in [1.165, 1.54) is 0 Å². The van der Waals surface area contributed by atoms with Crippen molar-refractivity contribution in [3.8, 4) is 0 Å². The molecule has 0 aliphatic carbocycles. The summed E-state index contributed by atoms with van der Waals surface area (Å²) in [6, 6.07) is 0. The Hall–Kier alpha value is -0.110. The summed E-state index contributed by atoms with van der Waals surface area (Å²) in [5.74, 6) is 0. The topological polar surface area (TPSA) is 3.24 Å². The normalized spacial score (nSPS) is 23.4. The van der Waals surface area contributed by atoms with Gasteiger partial charge in [0.05, 0.1) is 0 Å². The summed E-state index contributed by atoms with van der Waals surface area (Å²) in [6.45, 7) is 14.8. The smallest absolute Gasteiger partial charge is 0.114 e. The van der Waals surface area contributed by atoms with Gasteiger partial charge in [0.1, 0.15) is 5.67 Å². The number of rotatable bonds is 1. The van der Waals surface area contributed by atoms with Crippen LogP contribution in [-0.4, -0.2) is 29.2 Å². The molecule has 1 aliphatic heterocycles. The molecule has 0 aromatic heterocycles. The lowest BCUT2D eigenvalue weighted by molar-refractivity contribution is -0.00523. The first-order valence-electron chi connectivity index (χ1n) is 6.46. The van der Waals surface area contributed by atoms with Gasteiger partial charge in [0.25, 0.3) is 0 Å². The summed E-state index contributed by atoms with van der Waals surface area (Å²) in [4.78, 5) is 2.40. The van der Waals surface area contributed by atoms with Crippen LogP contribution in [0.1, 0.15) is 60.8 Å². The van der Waals surface area contributed by atoms with Crippen molar-refractivity contribution >= 4 is 0 Å². The molecular formula is C14H28FN. The Labute approximate surface area is 100 Å². The van der Waals surface area contributed by atoms with Crippen molar-refractivity contribution < 1.29 is 4.39 Å². The third kappa shape index (κ3) is 4.04. The molecule has 1 rings (SSSR count). The predicted octanol–water partition coefficient (Wildman–Crippen LogP) is 4.03. The van der Waals surface area contributed by atoms with E-state index in [2.05, 4.69) is 46.4 Å². The fraction of sp³-hybridized carbons (Fsp3) is 1.00. The van der Waals surface area contributed by atoms with Gasteiger partial charge in [0, 0.05) is 18.6 Å². The van der Waals surface area contributed by atoms with Crippen molar-refractivity contribution in [2.75, 3.05) is 13.1 Å². The summed E-state index contributed by atoms with van der Waals surface area (Å²) in [7, 11) is 0. The second-order valence-electron chi connectivity index (χ2n) is 7.55. The van der Waals surface area contributed by atoms with Crippen LogP contribution in [0.2, 0.25) is 0 Å². The van der Waals surface area contributed by atoms with E-state index in [0.29, 0.717) is 19.3 Å². The minimum absolute atomic E-state index is 0.0959. The molecule has 0 atom stereocenters. The first-order chi connectivity index (χ1) is 7.02. The molecule has 0 N–H and O–H groups in total. The monoisotopic (exact) mass is 229 g/mol. The van der Waals surface area contributed by atoms with E-state index in [9.17, 15) is 4.39 Å². The summed E-state index contributed by atoms with van der Waals surface area (Å²) >= 11 is 0. The lowest BCUT2D eigenvalue weighted by Gasteiger charge is -2.44. The van der Waals surface area contributed by atoms with E-state index in [1.807, 2.05) is 0 Å². The fourth-order valence-corrected chi connectivity index (χ4v) is 2.71. The van der Waals surface area contributed by atoms with Gasteiger partial charge in [-0.3, -0.25) is 4.90 Å². The Morgan fingerprint density at radius 3 is 1.75 bits per heavy atom. The lowest BCUT2D eigenvalue weighted by Crippen LogP contribution is -2.50. The van der Waals surface area contributed by atoms with Gasteiger partial charge in [-0.25, -0.2) is 4.39 Å². The van der Waals surface area contributed by atoms with Gasteiger partial charge < -0.3 is 0 Å². The average molecular weight is 229 g/mol. The number of hydrogen-bond donors (Lipinski definition) is 0. The predicted molar refractivity (Wildman–Crippen MR) is 68.5 cm³/mol. The fourth-order valence-electron chi connectivity index (χ4n) is 2.71. The first-order valence-corrected chi connectivity index (χ1v) is 6.46. The van der Waals surface area contributed by atoms with E-state index in [1.54, 1.807) is 0 Å². The van der Waals surface area contributed by atoms with Crippen molar-refractivity contribution in [2.24, 2.45) is 5.41 Å². The van der Waals surface area contributed by atoms with Gasteiger partial charge in [0.2, 0.25) is 0 Å². The second-order valence-corrected chi connectivity index (χ2v) is 7.55. The van der Waals surface area contributed by atoms with Crippen molar-refractivity contribution in [3.63, 3.8) is 0 Å². The van der Waals surface area contributed by atoms with Crippen molar-refractivity contribution in [3.05, 3.63) is 0 Å². The third-order valence-electron chi connectivity index (χ3n) is 3.46. The second kappa shape index (κ2) is 4.29. The van der Waals surface area contributed by atoms with Crippen LogP contribution in [0.4, 0.5) is 4.39 Å². The highest BCUT2D eigenvalue weighted by Crippen LogP contribution is 2.38. The van der Waals surface area contributed by atoms with Crippen LogP contribution in [0.15, 0.2) is 0 Å². The molecule has 1 fully saturated rings. The van der Waals surface area contributed by atoms with Gasteiger partial charge in [-0.05, 0) is 45.4 Å². The number of alkyl halides is 1. The molecule has 96 valence electrons. The highest BCUT2D eigenvalue weighted by atomic mass is 19.1. The van der Waals surface area contributed by atoms with E-state index >= 15 is 0 Å². The highest BCUT2D eigenvalue weighted by Gasteiger charge is 2.39. The average Bonchev–Trinajstić information content (AvgIpc) is 1.98. The van der Waals surface area contributed by atoms with Crippen LogP contribution < -0.4 is 0 Å². The quantitative estimate of drug-likeness (QED) is 0.656. The number of likely N-dealkylation sites (tertiary alicyclic amines) is 1. The van der Waals surface area contributed by atoms with Gasteiger partial charge in [-0.2, -0.15) is 0 Å². The Bertz CT molecular complexity index is 226. The molecule has 0 spiro atoms. The zero-order valence-electron chi connectivity index (χ0n) is 11.9. The van der Waals surface area contributed by atoms with Crippen molar-refractivity contribution in [1.29, 1.82) is 0 Å². The molecule has 1 heterocycles. The molecular weight excluding hydrogens is 201 g/mol. The first kappa shape index (κ1) is 14.0. The van der Waals surface area contributed by atoms with Crippen LogP contribution >= 0.6 is 0 Å². The Morgan fingerprint density at radius 1 is 1.00 bits per heavy atom. The maximum absolute atomic E-state index is 14.6. The van der Waals surface area contributed by atoms with Gasteiger partial charge in [0.15, 0.2) is 0 Å². The SMILES string of the molecule is CC(C)(C)CC1(F)CCN(C(C)(C)C)CC1. The molecule has 1 saturated heterocycles. The molecule has 0 unspecified atom stereocenters. The summed E-state index contributed by atoms with van der Waals surface area (Å²) in [5.41, 5.74) is -0.651. The minimum atomic E-state index is -0.931. The van der Waals surface area contributed by atoms with Crippen LogP contribution in [-0.2, 0) is 0 Å². The van der Waals surface area contributed by atoms with E-state index in [-0.39, 0.29) is 11.0 Å². The van der Waals surface area contributed by atoms with Crippen LogP contribution in [0.5, 0.6) is 0 Å². The molecule has 2 heteroatoms. The van der Waals surface area contributed by atoms with Gasteiger partial charge in [-0.1, -0.05) is 20.8 Å². The Kier molecular flexibility index (Phi) is 3.74. The molecule has 0 bridgehead atoms. The number of halogens is 1. The molecule has 1 aliphatic rings. The minimum Gasteiger partial charge on any atom is -0.298 e. The molecule has 0 amide bonds. The van der Waals surface area contributed by atoms with Crippen molar-refractivity contribution in [1.82, 2.24) is 4.90 Å². The maximum atomic E-state index is 14.6. The van der Waals surface area contributed by atoms with Crippen LogP contribution in [0.3, 0.4) is 0 Å². The summed E-state index contributed by atoms with van der Waals surface area (Å²) < 4.78 is 14.6. The van der Waals surface area contributed by atoms with Crippen LogP contribution in [0, 0.1) is 5.41 Å². The van der Waals surface area contributed by atoms with Crippen molar-refractivity contribution in [2.45, 2.75) is 72.0 Å². The lowest BCUT2D eigenvalue weighted by atomic mass is 9.77. The highest BCUT2D eigenvalue weighted by molar-refractivity contribution is 4.92. The number of nitrogens with zero attached hydrogens (tertiary/aromatic N) is 1.